The molecule has 0 aliphatic heterocycles. The molecule has 0 spiro atoms. The number of hydrogen-bond acceptors (Lipinski definition) is 7. The van der Waals surface area contributed by atoms with Gasteiger partial charge in [0.2, 0.25) is 14.7 Å². The first-order valence-electron chi connectivity index (χ1n) is 5.36. The molecule has 0 amide bonds. The maximum absolute atomic E-state index is 12.4. The summed E-state index contributed by atoms with van der Waals surface area (Å²) < 4.78 is 29.2. The van der Waals surface area contributed by atoms with Crippen molar-refractivity contribution in [3.8, 4) is 0 Å². The minimum Gasteiger partial charge on any atom is -0.479 e. The Kier molecular flexibility index (Phi) is 4.48. The lowest BCUT2D eigenvalue weighted by atomic mass is 10.2. The second-order valence-corrected chi connectivity index (χ2v) is 6.07. The molecule has 1 rings (SSSR count). The van der Waals surface area contributed by atoms with Crippen LogP contribution in [0.15, 0.2) is 29.2 Å². The van der Waals surface area contributed by atoms with Crippen LogP contribution in [0.4, 0.5) is 0 Å². The van der Waals surface area contributed by atoms with Crippen LogP contribution in [-0.4, -0.2) is 44.0 Å². The van der Waals surface area contributed by atoms with Crippen molar-refractivity contribution in [1.29, 1.82) is 0 Å². The second-order valence-electron chi connectivity index (χ2n) is 3.89. The molecule has 1 unspecified atom stereocenters. The monoisotopic (exact) mass is 302 g/mol. The summed E-state index contributed by atoms with van der Waals surface area (Å²) >= 11 is 0. The molecule has 20 heavy (non-hydrogen) atoms. The third kappa shape index (κ3) is 2.38. The molecule has 0 saturated heterocycles. The average Bonchev–Trinajstić information content (AvgIpc) is 2.44. The van der Waals surface area contributed by atoms with Crippen LogP contribution in [-0.2, 0) is 19.4 Å². The molecule has 9 heteroatoms. The van der Waals surface area contributed by atoms with E-state index in [9.17, 15) is 18.0 Å². The number of rotatable bonds is 5. The van der Waals surface area contributed by atoms with Gasteiger partial charge in [-0.3, -0.25) is 0 Å². The zero-order chi connectivity index (χ0) is 15.6. The van der Waals surface area contributed by atoms with Crippen LogP contribution in [0.25, 0.3) is 0 Å². The summed E-state index contributed by atoms with van der Waals surface area (Å²) in [6.07, 6.45) is 0. The Morgan fingerprint density at radius 3 is 2.35 bits per heavy atom. The number of carboxylic acids is 1. The summed E-state index contributed by atoms with van der Waals surface area (Å²) in [6.45, 7) is -0.847. The van der Waals surface area contributed by atoms with Crippen LogP contribution in [0, 0.1) is 0 Å². The van der Waals surface area contributed by atoms with Gasteiger partial charge >= 0.3 is 11.9 Å². The number of benzene rings is 1. The normalized spacial score (nSPS) is 14.3. The second kappa shape index (κ2) is 5.57. The zero-order valence-corrected chi connectivity index (χ0v) is 11.4. The van der Waals surface area contributed by atoms with E-state index >= 15 is 0 Å². The van der Waals surface area contributed by atoms with Gasteiger partial charge in [0, 0.05) is 6.54 Å². The first kappa shape index (κ1) is 16.1. The standard InChI is InChI=1S/C11H14N2O6S/c1-19-9(14)7-4-2-3-5-8(7)20(17,18)11(13,6-12)10(15)16/h2-5H,6,12-13H2,1H3,(H,15,16). The summed E-state index contributed by atoms with van der Waals surface area (Å²) in [5.41, 5.74) is 10.3. The van der Waals surface area contributed by atoms with Gasteiger partial charge in [0.1, 0.15) is 0 Å². The number of hydrogen-bond donors (Lipinski definition) is 3. The van der Waals surface area contributed by atoms with E-state index in [1.165, 1.54) is 18.2 Å². The molecule has 1 aromatic carbocycles. The van der Waals surface area contributed by atoms with E-state index in [4.69, 9.17) is 16.6 Å². The molecule has 0 aliphatic rings. The Bertz CT molecular complexity index is 642. The third-order valence-electron chi connectivity index (χ3n) is 2.73. The lowest BCUT2D eigenvalue weighted by molar-refractivity contribution is -0.139. The number of carboxylic acid groups (broad SMARTS) is 1. The van der Waals surface area contributed by atoms with E-state index in [0.717, 1.165) is 13.2 Å². The topological polar surface area (TPSA) is 150 Å². The van der Waals surface area contributed by atoms with E-state index in [1.54, 1.807) is 0 Å². The lowest BCUT2D eigenvalue weighted by Crippen LogP contribution is -2.59. The molecule has 0 bridgehead atoms. The summed E-state index contributed by atoms with van der Waals surface area (Å²) in [6, 6.07) is 5.00. The number of carbonyl (C=O) groups excluding carboxylic acids is 1. The maximum Gasteiger partial charge on any atom is 0.341 e. The van der Waals surface area contributed by atoms with E-state index < -0.39 is 38.1 Å². The number of esters is 1. The van der Waals surface area contributed by atoms with Gasteiger partial charge in [-0.2, -0.15) is 0 Å². The molecule has 5 N–H and O–H groups in total. The number of carbonyl (C=O) groups is 2. The summed E-state index contributed by atoms with van der Waals surface area (Å²) in [5.74, 6) is -2.73. The Morgan fingerprint density at radius 2 is 1.90 bits per heavy atom. The number of sulfone groups is 1. The molecule has 1 atom stereocenters. The zero-order valence-electron chi connectivity index (χ0n) is 10.6. The number of nitrogens with two attached hydrogens (primary N) is 2. The Labute approximate surface area is 115 Å². The highest BCUT2D eigenvalue weighted by molar-refractivity contribution is 7.93. The molecule has 0 heterocycles. The van der Waals surface area contributed by atoms with Crippen LogP contribution in [0.2, 0.25) is 0 Å². The van der Waals surface area contributed by atoms with Gasteiger partial charge in [-0.15, -0.1) is 0 Å². The van der Waals surface area contributed by atoms with Crippen molar-refractivity contribution >= 4 is 21.8 Å². The Hall–Kier alpha value is -1.97. The number of ether oxygens (including phenoxy) is 1. The van der Waals surface area contributed by atoms with Crippen LogP contribution in [0.1, 0.15) is 10.4 Å². The molecule has 0 aliphatic carbocycles. The van der Waals surface area contributed by atoms with Crippen molar-refractivity contribution in [2.24, 2.45) is 11.5 Å². The maximum atomic E-state index is 12.4. The predicted molar refractivity (Wildman–Crippen MR) is 68.6 cm³/mol. The van der Waals surface area contributed by atoms with Crippen LogP contribution in [0.3, 0.4) is 0 Å². The molecular weight excluding hydrogens is 288 g/mol. The Morgan fingerprint density at radius 1 is 1.35 bits per heavy atom. The van der Waals surface area contributed by atoms with Gasteiger partial charge in [-0.05, 0) is 12.1 Å². The van der Waals surface area contributed by atoms with Gasteiger partial charge in [-0.1, -0.05) is 12.1 Å². The van der Waals surface area contributed by atoms with Crippen molar-refractivity contribution < 1.29 is 27.9 Å². The molecule has 0 aromatic heterocycles. The largest absolute Gasteiger partial charge is 0.479 e. The highest BCUT2D eigenvalue weighted by atomic mass is 32.2. The molecule has 0 radical (unpaired) electrons. The van der Waals surface area contributed by atoms with Crippen molar-refractivity contribution in [3.63, 3.8) is 0 Å². The molecule has 0 fully saturated rings. The van der Waals surface area contributed by atoms with Gasteiger partial charge in [0.05, 0.1) is 17.6 Å². The highest BCUT2D eigenvalue weighted by Crippen LogP contribution is 2.25. The van der Waals surface area contributed by atoms with Gasteiger partial charge < -0.3 is 21.3 Å². The fraction of sp³-hybridized carbons (Fsp3) is 0.273. The first-order valence-corrected chi connectivity index (χ1v) is 6.85. The molecular formula is C11H14N2O6S. The number of aliphatic carboxylic acids is 1. The summed E-state index contributed by atoms with van der Waals surface area (Å²) in [4.78, 5) is 19.4. The SMILES string of the molecule is COC(=O)c1ccccc1S(=O)(=O)C(N)(CN)C(=O)O. The smallest absolute Gasteiger partial charge is 0.341 e. The van der Waals surface area contributed by atoms with Gasteiger partial charge in [0.15, 0.2) is 0 Å². The first-order chi connectivity index (χ1) is 9.22. The molecule has 1 aromatic rings. The van der Waals surface area contributed by atoms with E-state index in [1.807, 2.05) is 0 Å². The summed E-state index contributed by atoms with van der Waals surface area (Å²) in [5, 5.41) is 9.02. The minimum absolute atomic E-state index is 0.306. The fourth-order valence-corrected chi connectivity index (χ4v) is 3.03. The van der Waals surface area contributed by atoms with Crippen LogP contribution < -0.4 is 11.5 Å². The van der Waals surface area contributed by atoms with E-state index in [-0.39, 0.29) is 5.56 Å². The highest BCUT2D eigenvalue weighted by Gasteiger charge is 2.48. The third-order valence-corrected chi connectivity index (χ3v) is 4.96. The average molecular weight is 302 g/mol. The Balaban J connectivity index is 3.59. The van der Waals surface area contributed by atoms with Gasteiger partial charge in [-0.25, -0.2) is 18.0 Å². The molecule has 8 nitrogen and oxygen atoms in total. The lowest BCUT2D eigenvalue weighted by Gasteiger charge is -2.23. The van der Waals surface area contributed by atoms with Crippen LogP contribution in [0.5, 0.6) is 0 Å². The van der Waals surface area contributed by atoms with Crippen molar-refractivity contribution in [1.82, 2.24) is 0 Å². The predicted octanol–water partition coefficient (Wildman–Crippen LogP) is -1.05. The van der Waals surface area contributed by atoms with Crippen molar-refractivity contribution in [2.75, 3.05) is 13.7 Å². The van der Waals surface area contributed by atoms with Crippen LogP contribution >= 0.6 is 0 Å². The van der Waals surface area contributed by atoms with Crippen molar-refractivity contribution in [2.45, 2.75) is 9.77 Å². The van der Waals surface area contributed by atoms with Gasteiger partial charge in [0.25, 0.3) is 0 Å². The summed E-state index contributed by atoms with van der Waals surface area (Å²) in [7, 11) is -3.51. The fourth-order valence-electron chi connectivity index (χ4n) is 1.49. The molecule has 0 saturated carbocycles. The minimum atomic E-state index is -4.58. The van der Waals surface area contributed by atoms with Crippen molar-refractivity contribution in [3.05, 3.63) is 29.8 Å². The van der Waals surface area contributed by atoms with E-state index in [2.05, 4.69) is 4.74 Å². The molecule has 110 valence electrons. The number of methoxy groups -OCH3 is 1. The van der Waals surface area contributed by atoms with E-state index in [0.29, 0.717) is 0 Å². The quantitative estimate of drug-likeness (QED) is 0.583.